The van der Waals surface area contributed by atoms with Crippen molar-refractivity contribution in [1.29, 1.82) is 0 Å². The summed E-state index contributed by atoms with van der Waals surface area (Å²) in [6.07, 6.45) is 7.03. The summed E-state index contributed by atoms with van der Waals surface area (Å²) < 4.78 is 6.60. The Morgan fingerprint density at radius 1 is 1.34 bits per heavy atom. The van der Waals surface area contributed by atoms with Gasteiger partial charge in [0.05, 0.1) is 18.7 Å². The summed E-state index contributed by atoms with van der Waals surface area (Å²) in [4.78, 5) is 30.7. The van der Waals surface area contributed by atoms with Gasteiger partial charge in [-0.05, 0) is 36.9 Å². The average Bonchev–Trinajstić information content (AvgIpc) is 3.30. The lowest BCUT2D eigenvalue weighted by atomic mass is 9.99. The lowest BCUT2D eigenvalue weighted by molar-refractivity contribution is -0.117. The van der Waals surface area contributed by atoms with Gasteiger partial charge in [0.25, 0.3) is 5.91 Å². The van der Waals surface area contributed by atoms with Gasteiger partial charge >= 0.3 is 0 Å². The molecule has 1 aliphatic rings. The molecule has 3 heterocycles. The van der Waals surface area contributed by atoms with Crippen molar-refractivity contribution >= 4 is 17.6 Å². The van der Waals surface area contributed by atoms with Gasteiger partial charge in [-0.1, -0.05) is 0 Å². The number of likely N-dealkylation sites (tertiary alicyclic amines) is 1. The van der Waals surface area contributed by atoms with Crippen molar-refractivity contribution in [3.8, 4) is 0 Å². The van der Waals surface area contributed by atoms with E-state index in [2.05, 4.69) is 25.6 Å². The van der Waals surface area contributed by atoms with Crippen LogP contribution in [0.3, 0.4) is 0 Å². The molecule has 156 valence electrons. The Balaban J connectivity index is 1.46. The molecule has 2 amide bonds. The molecule has 0 bridgehead atoms. The van der Waals surface area contributed by atoms with Crippen LogP contribution in [0.25, 0.3) is 0 Å². The van der Waals surface area contributed by atoms with Gasteiger partial charge < -0.3 is 15.4 Å². The first kappa shape index (κ1) is 20.9. The van der Waals surface area contributed by atoms with Gasteiger partial charge in [-0.15, -0.1) is 0 Å². The lowest BCUT2D eigenvalue weighted by Crippen LogP contribution is -2.32. The van der Waals surface area contributed by atoms with Crippen molar-refractivity contribution in [2.75, 3.05) is 45.2 Å². The zero-order valence-corrected chi connectivity index (χ0v) is 16.9. The van der Waals surface area contributed by atoms with E-state index in [0.29, 0.717) is 37.0 Å². The van der Waals surface area contributed by atoms with Crippen molar-refractivity contribution in [1.82, 2.24) is 25.0 Å². The van der Waals surface area contributed by atoms with E-state index in [1.54, 1.807) is 30.3 Å². The summed E-state index contributed by atoms with van der Waals surface area (Å²) in [6.45, 7) is 3.03. The summed E-state index contributed by atoms with van der Waals surface area (Å²) in [5.74, 6) is 0.808. The number of amides is 2. The Kier molecular flexibility index (Phi) is 7.31. The number of anilines is 1. The van der Waals surface area contributed by atoms with E-state index in [9.17, 15) is 9.59 Å². The molecule has 1 unspecified atom stereocenters. The number of rotatable bonds is 9. The Labute approximate surface area is 170 Å². The van der Waals surface area contributed by atoms with Gasteiger partial charge in [0.2, 0.25) is 5.91 Å². The van der Waals surface area contributed by atoms with Crippen molar-refractivity contribution in [2.45, 2.75) is 12.8 Å². The molecule has 0 aromatic carbocycles. The van der Waals surface area contributed by atoms with Gasteiger partial charge in [-0.3, -0.25) is 24.2 Å². The Morgan fingerprint density at radius 3 is 2.97 bits per heavy atom. The molecule has 3 rings (SSSR count). The molecular formula is C20H28N6O3. The van der Waals surface area contributed by atoms with Crippen molar-refractivity contribution in [2.24, 2.45) is 13.0 Å². The molecule has 0 aliphatic carbocycles. The zero-order chi connectivity index (χ0) is 20.6. The number of ether oxygens (including phenoxy) is 1. The number of nitrogens with zero attached hydrogens (tertiary/aromatic N) is 4. The molecule has 0 saturated carbocycles. The first-order valence-corrected chi connectivity index (χ1v) is 9.76. The minimum atomic E-state index is -0.143. The number of carbonyl (C=O) groups is 2. The first-order valence-electron chi connectivity index (χ1n) is 9.76. The Hall–Kier alpha value is -2.78. The molecule has 0 radical (unpaired) electrons. The Bertz CT molecular complexity index is 837. The fourth-order valence-electron chi connectivity index (χ4n) is 3.52. The minimum Gasteiger partial charge on any atom is -0.383 e. The van der Waals surface area contributed by atoms with Gasteiger partial charge in [0.1, 0.15) is 0 Å². The Morgan fingerprint density at radius 2 is 2.21 bits per heavy atom. The second-order valence-corrected chi connectivity index (χ2v) is 7.35. The minimum absolute atomic E-state index is 0.0549. The van der Waals surface area contributed by atoms with Crippen molar-refractivity contribution in [3.05, 3.63) is 41.9 Å². The van der Waals surface area contributed by atoms with E-state index in [4.69, 9.17) is 4.74 Å². The predicted molar refractivity (Wildman–Crippen MR) is 109 cm³/mol. The maximum Gasteiger partial charge on any atom is 0.252 e. The maximum absolute atomic E-state index is 12.2. The number of nitrogens with one attached hydrogen (secondary N) is 2. The van der Waals surface area contributed by atoms with Crippen LogP contribution in [0.4, 0.5) is 5.82 Å². The third kappa shape index (κ3) is 6.37. The third-order valence-corrected chi connectivity index (χ3v) is 4.89. The smallest absolute Gasteiger partial charge is 0.252 e. The fourth-order valence-corrected chi connectivity index (χ4v) is 3.52. The molecule has 2 N–H and O–H groups in total. The SMILES string of the molecule is COCCNC(=O)c1cncc(CC2CCN(CC(=O)Nc3ccn(C)n3)C2)c1. The molecule has 2 aromatic rings. The molecule has 1 saturated heterocycles. The van der Waals surface area contributed by atoms with Crippen LogP contribution in [0.15, 0.2) is 30.7 Å². The molecule has 29 heavy (non-hydrogen) atoms. The van der Waals surface area contributed by atoms with Crippen molar-refractivity contribution < 1.29 is 14.3 Å². The van der Waals surface area contributed by atoms with E-state index in [1.807, 2.05) is 19.3 Å². The van der Waals surface area contributed by atoms with Crippen LogP contribution in [-0.4, -0.2) is 71.4 Å². The first-order chi connectivity index (χ1) is 14.0. The van der Waals surface area contributed by atoms with Gasteiger partial charge in [-0.2, -0.15) is 5.10 Å². The molecule has 9 nitrogen and oxygen atoms in total. The van der Waals surface area contributed by atoms with Crippen LogP contribution in [-0.2, 0) is 23.0 Å². The number of hydrogen-bond donors (Lipinski definition) is 2. The topological polar surface area (TPSA) is 101 Å². The van der Waals surface area contributed by atoms with Crippen LogP contribution in [0.5, 0.6) is 0 Å². The molecule has 1 fully saturated rings. The quantitative estimate of drug-likeness (QED) is 0.601. The maximum atomic E-state index is 12.2. The molecule has 1 atom stereocenters. The molecule has 9 heteroatoms. The van der Waals surface area contributed by atoms with Crippen LogP contribution in [0.2, 0.25) is 0 Å². The highest BCUT2D eigenvalue weighted by molar-refractivity contribution is 5.94. The lowest BCUT2D eigenvalue weighted by Gasteiger charge is -2.15. The van der Waals surface area contributed by atoms with Gasteiger partial charge in [-0.25, -0.2) is 0 Å². The van der Waals surface area contributed by atoms with Gasteiger partial charge in [0.15, 0.2) is 5.82 Å². The highest BCUT2D eigenvalue weighted by Gasteiger charge is 2.24. The van der Waals surface area contributed by atoms with E-state index in [0.717, 1.165) is 31.5 Å². The number of pyridine rings is 1. The van der Waals surface area contributed by atoms with E-state index < -0.39 is 0 Å². The number of methoxy groups -OCH3 is 1. The summed E-state index contributed by atoms with van der Waals surface area (Å²) >= 11 is 0. The summed E-state index contributed by atoms with van der Waals surface area (Å²) in [5, 5.41) is 9.79. The molecule has 1 aliphatic heterocycles. The summed E-state index contributed by atoms with van der Waals surface area (Å²) in [6, 6.07) is 3.67. The fraction of sp³-hybridized carbons (Fsp3) is 0.500. The average molecular weight is 400 g/mol. The largest absolute Gasteiger partial charge is 0.383 e. The van der Waals surface area contributed by atoms with Crippen LogP contribution in [0, 0.1) is 5.92 Å². The number of aryl methyl sites for hydroxylation is 1. The molecule has 0 spiro atoms. The van der Waals surface area contributed by atoms with Gasteiger partial charge in [0, 0.05) is 51.9 Å². The summed E-state index contributed by atoms with van der Waals surface area (Å²) in [5.41, 5.74) is 1.59. The highest BCUT2D eigenvalue weighted by Crippen LogP contribution is 2.21. The van der Waals surface area contributed by atoms with E-state index in [-0.39, 0.29) is 11.8 Å². The molecular weight excluding hydrogens is 372 g/mol. The second kappa shape index (κ2) is 10.1. The number of hydrogen-bond acceptors (Lipinski definition) is 6. The van der Waals surface area contributed by atoms with E-state index >= 15 is 0 Å². The highest BCUT2D eigenvalue weighted by atomic mass is 16.5. The molecule has 2 aromatic heterocycles. The van der Waals surface area contributed by atoms with Crippen LogP contribution < -0.4 is 10.6 Å². The summed E-state index contributed by atoms with van der Waals surface area (Å²) in [7, 11) is 3.41. The zero-order valence-electron chi connectivity index (χ0n) is 16.9. The standard InChI is InChI=1S/C20H28N6O3/c1-25-6-4-18(24-25)23-19(27)14-26-7-3-15(13-26)9-16-10-17(12-21-11-16)20(28)22-5-8-29-2/h4,6,10-12,15H,3,5,7-9,13-14H2,1-2H3,(H,22,28)(H,23,24,27). The monoisotopic (exact) mass is 400 g/mol. The number of carbonyl (C=O) groups excluding carboxylic acids is 2. The van der Waals surface area contributed by atoms with Crippen LogP contribution >= 0.6 is 0 Å². The number of aromatic nitrogens is 3. The van der Waals surface area contributed by atoms with E-state index in [1.165, 1.54) is 0 Å². The second-order valence-electron chi connectivity index (χ2n) is 7.35. The van der Waals surface area contributed by atoms with Crippen LogP contribution in [0.1, 0.15) is 22.3 Å². The normalized spacial score (nSPS) is 16.7. The predicted octanol–water partition coefficient (Wildman–Crippen LogP) is 0.694. The van der Waals surface area contributed by atoms with Crippen molar-refractivity contribution in [3.63, 3.8) is 0 Å². The third-order valence-electron chi connectivity index (χ3n) is 4.89.